The van der Waals surface area contributed by atoms with Crippen LogP contribution in [0.1, 0.15) is 56.1 Å². The number of Topliss-reactive ketones (excluding diaryl/α,β-unsaturated/α-hetero) is 1. The predicted octanol–water partition coefficient (Wildman–Crippen LogP) is 5.53. The number of aryl methyl sites for hydroxylation is 2. The van der Waals surface area contributed by atoms with Crippen molar-refractivity contribution in [2.24, 2.45) is 23.2 Å². The molecule has 0 spiro atoms. The lowest BCUT2D eigenvalue weighted by Gasteiger charge is -2.50. The van der Waals surface area contributed by atoms with Gasteiger partial charge in [0.1, 0.15) is 23.0 Å². The molecule has 3 aromatic rings. The lowest BCUT2D eigenvalue weighted by atomic mass is 9.54. The molecule has 34 heavy (non-hydrogen) atoms. The zero-order valence-corrected chi connectivity index (χ0v) is 19.5. The zero-order valence-electron chi connectivity index (χ0n) is 19.5. The molecule has 1 heterocycles. The summed E-state index contributed by atoms with van der Waals surface area (Å²) in [7, 11) is 0. The normalized spacial score (nSPS) is 30.0. The number of aromatic nitrogens is 3. The van der Waals surface area contributed by atoms with Gasteiger partial charge in [0.05, 0.1) is 6.20 Å². The smallest absolute Gasteiger partial charge is 0.139 e. The molecule has 3 aliphatic rings. The minimum Gasteiger partial charge on any atom is -0.508 e. The van der Waals surface area contributed by atoms with Gasteiger partial charge in [0, 0.05) is 23.9 Å². The molecule has 176 valence electrons. The van der Waals surface area contributed by atoms with Crippen LogP contribution >= 0.6 is 0 Å². The molecule has 1 aromatic heterocycles. The van der Waals surface area contributed by atoms with E-state index in [9.17, 15) is 14.3 Å². The standard InChI is InChI=1S/C28H30FN3O2/c1-28-12-10-21-20-9-7-19(33)14-17(20)6-8-22(21)27(28)18(15-26(28)34)11-13-32-16-25(30-31-32)23-4-2-3-5-24(23)29/h2-5,7,9,14,16,18,21-22,27,33H,6,8,10-13,15H2,1H3/t18-,21-,22-,27+,28-/m1/s1. The van der Waals surface area contributed by atoms with Crippen LogP contribution in [0.2, 0.25) is 0 Å². The third kappa shape index (κ3) is 3.38. The van der Waals surface area contributed by atoms with Crippen molar-refractivity contribution in [1.29, 1.82) is 0 Å². The molecular weight excluding hydrogens is 429 g/mol. The third-order valence-electron chi connectivity index (χ3n) is 8.97. The molecule has 1 N–H and O–H groups in total. The molecule has 0 bridgehead atoms. The number of halogens is 1. The number of ketones is 1. The maximum Gasteiger partial charge on any atom is 0.139 e. The van der Waals surface area contributed by atoms with Crippen LogP contribution < -0.4 is 0 Å². The number of phenols is 1. The first-order chi connectivity index (χ1) is 16.4. The number of benzene rings is 2. The fourth-order valence-electron chi connectivity index (χ4n) is 7.39. The first kappa shape index (κ1) is 21.5. The van der Waals surface area contributed by atoms with Crippen molar-refractivity contribution in [2.75, 3.05) is 0 Å². The Kier molecular flexibility index (Phi) is 5.08. The van der Waals surface area contributed by atoms with Gasteiger partial charge in [-0.25, -0.2) is 4.39 Å². The maximum atomic E-state index is 14.1. The van der Waals surface area contributed by atoms with Crippen LogP contribution in [0.4, 0.5) is 4.39 Å². The highest BCUT2D eigenvalue weighted by atomic mass is 19.1. The molecule has 0 aliphatic heterocycles. The van der Waals surface area contributed by atoms with Gasteiger partial charge in [-0.05, 0) is 91.2 Å². The minimum atomic E-state index is -0.300. The van der Waals surface area contributed by atoms with E-state index in [0.717, 1.165) is 32.1 Å². The molecular formula is C28H30FN3O2. The molecule has 6 rings (SSSR count). The monoisotopic (exact) mass is 459 g/mol. The van der Waals surface area contributed by atoms with Gasteiger partial charge < -0.3 is 5.11 Å². The van der Waals surface area contributed by atoms with Gasteiger partial charge in [-0.1, -0.05) is 30.3 Å². The van der Waals surface area contributed by atoms with Crippen LogP contribution in [-0.2, 0) is 17.8 Å². The molecule has 3 aliphatic carbocycles. The molecule has 0 radical (unpaired) electrons. The number of aromatic hydroxyl groups is 1. The van der Waals surface area contributed by atoms with Gasteiger partial charge in [-0.2, -0.15) is 0 Å². The molecule has 2 aromatic carbocycles. The Bertz CT molecular complexity index is 1250. The Balaban J connectivity index is 1.23. The summed E-state index contributed by atoms with van der Waals surface area (Å²) in [4.78, 5) is 13.2. The maximum absolute atomic E-state index is 14.1. The quantitative estimate of drug-likeness (QED) is 0.557. The Morgan fingerprint density at radius 3 is 2.91 bits per heavy atom. The van der Waals surface area contributed by atoms with E-state index in [1.807, 2.05) is 12.1 Å². The SMILES string of the molecule is C[C@]12CC[C@@H]3c4ccc(O)cc4CC[C@H]3[C@@H]1[C@H](CCn1cc(-c3ccccc3F)nn1)CC2=O. The zero-order chi connectivity index (χ0) is 23.4. The highest BCUT2D eigenvalue weighted by Gasteiger charge is 2.58. The molecule has 0 saturated heterocycles. The Labute approximate surface area is 199 Å². The topological polar surface area (TPSA) is 68.0 Å². The second-order valence-electron chi connectivity index (χ2n) is 10.7. The van der Waals surface area contributed by atoms with Gasteiger partial charge in [-0.3, -0.25) is 9.48 Å². The number of rotatable bonds is 4. The lowest BCUT2D eigenvalue weighted by molar-refractivity contribution is -0.129. The number of hydrogen-bond acceptors (Lipinski definition) is 4. The summed E-state index contributed by atoms with van der Waals surface area (Å²) in [6.45, 7) is 2.88. The summed E-state index contributed by atoms with van der Waals surface area (Å²) in [6, 6.07) is 12.5. The van der Waals surface area contributed by atoms with E-state index in [-0.39, 0.29) is 11.2 Å². The molecule has 6 heteroatoms. The molecule has 0 unspecified atom stereocenters. The lowest BCUT2D eigenvalue weighted by Crippen LogP contribution is -2.44. The molecule has 5 nitrogen and oxygen atoms in total. The number of carbonyl (C=O) groups is 1. The fraction of sp³-hybridized carbons (Fsp3) is 0.464. The summed E-state index contributed by atoms with van der Waals surface area (Å²) in [5, 5.41) is 18.4. The summed E-state index contributed by atoms with van der Waals surface area (Å²) >= 11 is 0. The second-order valence-corrected chi connectivity index (χ2v) is 10.7. The summed E-state index contributed by atoms with van der Waals surface area (Å²) < 4.78 is 15.9. The third-order valence-corrected chi connectivity index (χ3v) is 8.97. The first-order valence-electron chi connectivity index (χ1n) is 12.4. The predicted molar refractivity (Wildman–Crippen MR) is 127 cm³/mol. The van der Waals surface area contributed by atoms with Crippen LogP contribution in [0.25, 0.3) is 11.3 Å². The van der Waals surface area contributed by atoms with Crippen molar-refractivity contribution in [3.8, 4) is 17.0 Å². The van der Waals surface area contributed by atoms with Gasteiger partial charge in [0.2, 0.25) is 0 Å². The van der Waals surface area contributed by atoms with Crippen molar-refractivity contribution in [1.82, 2.24) is 15.0 Å². The highest BCUT2D eigenvalue weighted by molar-refractivity contribution is 5.87. The van der Waals surface area contributed by atoms with Gasteiger partial charge in [0.15, 0.2) is 0 Å². The van der Waals surface area contributed by atoms with Crippen molar-refractivity contribution in [3.63, 3.8) is 0 Å². The van der Waals surface area contributed by atoms with E-state index >= 15 is 0 Å². The molecule has 0 amide bonds. The van der Waals surface area contributed by atoms with Gasteiger partial charge in [0.25, 0.3) is 0 Å². The van der Waals surface area contributed by atoms with Crippen LogP contribution in [-0.4, -0.2) is 25.9 Å². The number of nitrogens with zero attached hydrogens (tertiary/aromatic N) is 3. The van der Waals surface area contributed by atoms with Crippen LogP contribution in [0.3, 0.4) is 0 Å². The number of phenolic OH excluding ortho intramolecular Hbond substituents is 1. The first-order valence-corrected chi connectivity index (χ1v) is 12.4. The van der Waals surface area contributed by atoms with Crippen molar-refractivity contribution in [3.05, 3.63) is 65.6 Å². The molecule has 2 saturated carbocycles. The Hall–Kier alpha value is -3.02. The second kappa shape index (κ2) is 8.03. The number of hydrogen-bond donors (Lipinski definition) is 1. The minimum absolute atomic E-state index is 0.235. The molecule has 2 fully saturated rings. The largest absolute Gasteiger partial charge is 0.508 e. The van der Waals surface area contributed by atoms with E-state index in [2.05, 4.69) is 23.3 Å². The Morgan fingerprint density at radius 1 is 1.21 bits per heavy atom. The Morgan fingerprint density at radius 2 is 2.06 bits per heavy atom. The van der Waals surface area contributed by atoms with E-state index in [0.29, 0.717) is 59.4 Å². The van der Waals surface area contributed by atoms with Gasteiger partial charge >= 0.3 is 0 Å². The van der Waals surface area contributed by atoms with Crippen molar-refractivity contribution in [2.45, 2.75) is 57.9 Å². The van der Waals surface area contributed by atoms with Crippen LogP contribution in [0.15, 0.2) is 48.7 Å². The average Bonchev–Trinajstić information content (AvgIpc) is 3.40. The van der Waals surface area contributed by atoms with E-state index in [1.54, 1.807) is 29.1 Å². The summed E-state index contributed by atoms with van der Waals surface area (Å²) in [6.07, 6.45) is 7.35. The van der Waals surface area contributed by atoms with E-state index in [1.165, 1.54) is 17.2 Å². The average molecular weight is 460 g/mol. The highest BCUT2D eigenvalue weighted by Crippen LogP contribution is 2.62. The summed E-state index contributed by atoms with van der Waals surface area (Å²) in [5.74, 6) is 2.12. The van der Waals surface area contributed by atoms with Gasteiger partial charge in [-0.15, -0.1) is 5.10 Å². The fourth-order valence-corrected chi connectivity index (χ4v) is 7.39. The molecule has 5 atom stereocenters. The number of fused-ring (bicyclic) bond motifs is 5. The van der Waals surface area contributed by atoms with Crippen molar-refractivity contribution < 1.29 is 14.3 Å². The van der Waals surface area contributed by atoms with Crippen molar-refractivity contribution >= 4 is 5.78 Å². The van der Waals surface area contributed by atoms with E-state index < -0.39 is 0 Å². The number of carbonyl (C=O) groups excluding carboxylic acids is 1. The van der Waals surface area contributed by atoms with Crippen LogP contribution in [0, 0.1) is 29.0 Å². The van der Waals surface area contributed by atoms with Crippen LogP contribution in [0.5, 0.6) is 5.75 Å². The summed E-state index contributed by atoms with van der Waals surface area (Å²) in [5.41, 5.74) is 3.41. The van der Waals surface area contributed by atoms with E-state index in [4.69, 9.17) is 0 Å².